The van der Waals surface area contributed by atoms with Crippen molar-refractivity contribution in [3.8, 4) is 0 Å². The van der Waals surface area contributed by atoms with Crippen molar-refractivity contribution in [2.24, 2.45) is 0 Å². The Morgan fingerprint density at radius 1 is 1.16 bits per heavy atom. The number of aryl methyl sites for hydroxylation is 1. The van der Waals surface area contributed by atoms with Gasteiger partial charge in [0.05, 0.1) is 15.5 Å². The molecule has 1 N–H and O–H groups in total. The maximum atomic E-state index is 12.0. The molecule has 134 valence electrons. The van der Waals surface area contributed by atoms with Gasteiger partial charge in [-0.15, -0.1) is 0 Å². The molecule has 7 heteroatoms. The number of rotatable bonds is 6. The summed E-state index contributed by atoms with van der Waals surface area (Å²) in [6.45, 7) is 6.61. The molecule has 0 aliphatic heterocycles. The lowest BCUT2D eigenvalue weighted by Crippen LogP contribution is -2.28. The van der Waals surface area contributed by atoms with Crippen molar-refractivity contribution >= 4 is 21.2 Å². The quantitative estimate of drug-likeness (QED) is 0.625. The lowest BCUT2D eigenvalue weighted by atomic mass is 9.84. The maximum absolute atomic E-state index is 12.0. The van der Waals surface area contributed by atoms with Gasteiger partial charge in [0, 0.05) is 30.3 Å². The molecule has 0 heterocycles. The molecule has 0 radical (unpaired) electrons. The predicted octanol–water partition coefficient (Wildman–Crippen LogP) is 3.70. The summed E-state index contributed by atoms with van der Waals surface area (Å²) in [6.07, 6.45) is 1.04. The van der Waals surface area contributed by atoms with Gasteiger partial charge in [0.15, 0.2) is 9.84 Å². The standard InChI is InChI=1S/C18H22N2O4S/c1-13-6-5-7-14(10-13)18(2,3)12-19-16-9-8-15(20(21)22)11-17(16)25(4,23)24/h5-11,19H,12H2,1-4H3. The van der Waals surface area contributed by atoms with E-state index in [0.717, 1.165) is 23.4 Å². The highest BCUT2D eigenvalue weighted by molar-refractivity contribution is 7.90. The molecule has 0 spiro atoms. The molecule has 0 aliphatic carbocycles. The van der Waals surface area contributed by atoms with Crippen molar-refractivity contribution in [3.63, 3.8) is 0 Å². The first-order chi connectivity index (χ1) is 11.5. The number of hydrogen-bond acceptors (Lipinski definition) is 5. The van der Waals surface area contributed by atoms with Crippen LogP contribution in [-0.4, -0.2) is 26.1 Å². The van der Waals surface area contributed by atoms with Crippen LogP contribution in [0.5, 0.6) is 0 Å². The van der Waals surface area contributed by atoms with E-state index in [1.165, 1.54) is 12.1 Å². The third-order valence-electron chi connectivity index (χ3n) is 4.10. The number of sulfone groups is 1. The zero-order valence-corrected chi connectivity index (χ0v) is 15.6. The van der Waals surface area contributed by atoms with E-state index in [9.17, 15) is 18.5 Å². The van der Waals surface area contributed by atoms with Crippen LogP contribution < -0.4 is 5.32 Å². The average molecular weight is 362 g/mol. The fourth-order valence-corrected chi connectivity index (χ4v) is 3.44. The molecule has 0 aromatic heterocycles. The second-order valence-electron chi connectivity index (χ2n) is 6.82. The Hall–Kier alpha value is -2.41. The number of nitrogens with one attached hydrogen (secondary N) is 1. The summed E-state index contributed by atoms with van der Waals surface area (Å²) in [7, 11) is -3.60. The number of anilines is 1. The summed E-state index contributed by atoms with van der Waals surface area (Å²) < 4.78 is 24.0. The number of non-ortho nitro benzene ring substituents is 1. The first kappa shape index (κ1) is 18.9. The second-order valence-corrected chi connectivity index (χ2v) is 8.80. The highest BCUT2D eigenvalue weighted by Gasteiger charge is 2.23. The Kier molecular flexibility index (Phi) is 5.17. The molecule has 0 aliphatic rings. The van der Waals surface area contributed by atoms with Crippen LogP contribution in [0.25, 0.3) is 0 Å². The van der Waals surface area contributed by atoms with E-state index >= 15 is 0 Å². The molecule has 0 atom stereocenters. The summed E-state index contributed by atoms with van der Waals surface area (Å²) in [5.41, 5.74) is 2.15. The lowest BCUT2D eigenvalue weighted by Gasteiger charge is -2.27. The zero-order chi connectivity index (χ0) is 18.8. The van der Waals surface area contributed by atoms with Gasteiger partial charge in [-0.3, -0.25) is 10.1 Å². The molecule has 25 heavy (non-hydrogen) atoms. The topological polar surface area (TPSA) is 89.3 Å². The number of nitrogens with zero attached hydrogens (tertiary/aromatic N) is 1. The third kappa shape index (κ3) is 4.57. The Bertz CT molecular complexity index is 905. The van der Waals surface area contributed by atoms with Gasteiger partial charge in [-0.25, -0.2) is 8.42 Å². The molecule has 2 aromatic rings. The van der Waals surface area contributed by atoms with Gasteiger partial charge < -0.3 is 5.32 Å². The van der Waals surface area contributed by atoms with Crippen LogP contribution in [0.15, 0.2) is 47.4 Å². The normalized spacial score (nSPS) is 12.0. The van der Waals surface area contributed by atoms with Gasteiger partial charge in [0.25, 0.3) is 5.69 Å². The van der Waals surface area contributed by atoms with E-state index in [2.05, 4.69) is 25.2 Å². The molecule has 6 nitrogen and oxygen atoms in total. The van der Waals surface area contributed by atoms with Crippen molar-refractivity contribution in [2.45, 2.75) is 31.1 Å². The van der Waals surface area contributed by atoms with Crippen molar-refractivity contribution in [1.82, 2.24) is 0 Å². The molecule has 0 saturated heterocycles. The Balaban J connectivity index is 2.32. The van der Waals surface area contributed by atoms with Gasteiger partial charge in [-0.05, 0) is 18.6 Å². The SMILES string of the molecule is Cc1cccc(C(C)(C)CNc2ccc([N+](=O)[O-])cc2S(C)(=O)=O)c1. The molecule has 0 unspecified atom stereocenters. The van der Waals surface area contributed by atoms with E-state index in [1.807, 2.05) is 25.1 Å². The molecule has 0 amide bonds. The number of hydrogen-bond donors (Lipinski definition) is 1. The van der Waals surface area contributed by atoms with Gasteiger partial charge in [0.2, 0.25) is 0 Å². The van der Waals surface area contributed by atoms with Crippen LogP contribution in [0, 0.1) is 17.0 Å². The predicted molar refractivity (Wildman–Crippen MR) is 98.9 cm³/mol. The average Bonchev–Trinajstić information content (AvgIpc) is 2.52. The fraction of sp³-hybridized carbons (Fsp3) is 0.333. The lowest BCUT2D eigenvalue weighted by molar-refractivity contribution is -0.385. The Morgan fingerprint density at radius 3 is 2.40 bits per heavy atom. The maximum Gasteiger partial charge on any atom is 0.270 e. The van der Waals surface area contributed by atoms with Crippen LogP contribution in [0.3, 0.4) is 0 Å². The molecular weight excluding hydrogens is 340 g/mol. The van der Waals surface area contributed by atoms with Crippen LogP contribution in [0.1, 0.15) is 25.0 Å². The van der Waals surface area contributed by atoms with Gasteiger partial charge in [0.1, 0.15) is 0 Å². The monoisotopic (exact) mass is 362 g/mol. The fourth-order valence-electron chi connectivity index (χ4n) is 2.56. The summed E-state index contributed by atoms with van der Waals surface area (Å²) >= 11 is 0. The van der Waals surface area contributed by atoms with Gasteiger partial charge >= 0.3 is 0 Å². The molecule has 0 fully saturated rings. The van der Waals surface area contributed by atoms with Crippen molar-refractivity contribution in [1.29, 1.82) is 0 Å². The van der Waals surface area contributed by atoms with E-state index in [-0.39, 0.29) is 16.0 Å². The number of benzene rings is 2. The summed E-state index contributed by atoms with van der Waals surface area (Å²) in [5.74, 6) is 0. The Labute approximate surface area is 148 Å². The van der Waals surface area contributed by atoms with E-state index in [1.54, 1.807) is 0 Å². The molecule has 0 bridgehead atoms. The minimum absolute atomic E-state index is 0.0678. The van der Waals surface area contributed by atoms with Crippen LogP contribution in [-0.2, 0) is 15.3 Å². The van der Waals surface area contributed by atoms with Gasteiger partial charge in [-0.1, -0.05) is 43.7 Å². The first-order valence-electron chi connectivity index (χ1n) is 7.80. The van der Waals surface area contributed by atoms with Gasteiger partial charge in [-0.2, -0.15) is 0 Å². The molecular formula is C18H22N2O4S. The van der Waals surface area contributed by atoms with Crippen LogP contribution in [0.4, 0.5) is 11.4 Å². The van der Waals surface area contributed by atoms with Crippen molar-refractivity contribution < 1.29 is 13.3 Å². The van der Waals surface area contributed by atoms with E-state index in [4.69, 9.17) is 0 Å². The molecule has 2 rings (SSSR count). The summed E-state index contributed by atoms with van der Waals surface area (Å²) in [6, 6.07) is 12.0. The number of nitro benzene ring substituents is 1. The molecule has 0 saturated carbocycles. The Morgan fingerprint density at radius 2 is 1.84 bits per heavy atom. The minimum Gasteiger partial charge on any atom is -0.383 e. The summed E-state index contributed by atoms with van der Waals surface area (Å²) in [5, 5.41) is 14.1. The van der Waals surface area contributed by atoms with Crippen LogP contribution in [0.2, 0.25) is 0 Å². The van der Waals surface area contributed by atoms with E-state index in [0.29, 0.717) is 12.2 Å². The van der Waals surface area contributed by atoms with Crippen molar-refractivity contribution in [3.05, 3.63) is 63.7 Å². The molecule has 2 aromatic carbocycles. The summed E-state index contributed by atoms with van der Waals surface area (Å²) in [4.78, 5) is 10.2. The highest BCUT2D eigenvalue weighted by atomic mass is 32.2. The minimum atomic E-state index is -3.60. The second kappa shape index (κ2) is 6.84. The largest absolute Gasteiger partial charge is 0.383 e. The smallest absolute Gasteiger partial charge is 0.270 e. The van der Waals surface area contributed by atoms with Crippen molar-refractivity contribution in [2.75, 3.05) is 18.1 Å². The zero-order valence-electron chi connectivity index (χ0n) is 14.7. The first-order valence-corrected chi connectivity index (χ1v) is 9.69. The third-order valence-corrected chi connectivity index (χ3v) is 5.23. The van der Waals surface area contributed by atoms with Crippen LogP contribution >= 0.6 is 0 Å². The highest BCUT2D eigenvalue weighted by Crippen LogP contribution is 2.29. The van der Waals surface area contributed by atoms with E-state index < -0.39 is 14.8 Å². The number of nitro groups is 1.